The molecule has 6 aromatic rings. The Balaban J connectivity index is 1.04. The number of hydrogen-bond acceptors (Lipinski definition) is 5. The molecule has 0 radical (unpaired) electrons. The second-order valence-corrected chi connectivity index (χ2v) is 14.8. The smallest absolute Gasteiger partial charge is 0.193 e. The van der Waals surface area contributed by atoms with Crippen molar-refractivity contribution in [2.75, 3.05) is 0 Å². The fourth-order valence-corrected chi connectivity index (χ4v) is 5.91. The molecular formula is C45H36Cl2O5. The molecule has 0 N–H and O–H groups in total. The van der Waals surface area contributed by atoms with E-state index in [-0.39, 0.29) is 17.3 Å². The van der Waals surface area contributed by atoms with E-state index in [0.717, 1.165) is 11.1 Å². The van der Waals surface area contributed by atoms with Crippen molar-refractivity contribution < 1.29 is 23.9 Å². The molecule has 7 heteroatoms. The normalized spacial score (nSPS) is 11.5. The summed E-state index contributed by atoms with van der Waals surface area (Å²) in [6, 6.07) is 42.4. The first-order chi connectivity index (χ1) is 24.8. The summed E-state index contributed by atoms with van der Waals surface area (Å²) in [6.07, 6.45) is 0. The molecular weight excluding hydrogens is 691 g/mol. The van der Waals surface area contributed by atoms with Crippen LogP contribution in [-0.2, 0) is 10.5 Å². The second kappa shape index (κ2) is 15.0. The number of carbonyl (C=O) groups excluding carboxylic acids is 3. The molecule has 6 rings (SSSR count). The molecule has 5 nitrogen and oxygen atoms in total. The zero-order valence-electron chi connectivity index (χ0n) is 29.2. The van der Waals surface area contributed by atoms with Crippen molar-refractivity contribution in [2.45, 2.75) is 38.2 Å². The standard InChI is InChI=1S/C45H36Cl2O5/c1-44(2,47)35-17-5-29(6-18-35)42(49)32-11-23-38(24-12-32)51-39-25-13-33(14-26-39)43(50)34-15-27-40(28-16-34)52-45(3,4)36-19-7-30(8-20-36)41(48)31-9-21-37(46)22-10-31/h5-28H,1-4H3. The van der Waals surface area contributed by atoms with Gasteiger partial charge in [-0.2, -0.15) is 0 Å². The minimum absolute atomic E-state index is 0.0839. The Labute approximate surface area is 313 Å². The summed E-state index contributed by atoms with van der Waals surface area (Å²) in [5.74, 6) is 1.42. The first-order valence-corrected chi connectivity index (χ1v) is 17.5. The lowest BCUT2D eigenvalue weighted by molar-refractivity contribution is 0.102. The summed E-state index contributed by atoms with van der Waals surface area (Å²) in [4.78, 5) is 38.6. The molecule has 0 saturated carbocycles. The van der Waals surface area contributed by atoms with Crippen LogP contribution in [0.3, 0.4) is 0 Å². The first kappa shape index (κ1) is 36.3. The van der Waals surface area contributed by atoms with Gasteiger partial charge in [-0.05, 0) is 136 Å². The van der Waals surface area contributed by atoms with Gasteiger partial charge in [-0.1, -0.05) is 60.1 Å². The average molecular weight is 728 g/mol. The lowest BCUT2D eigenvalue weighted by atomic mass is 9.94. The average Bonchev–Trinajstić information content (AvgIpc) is 3.15. The third kappa shape index (κ3) is 8.51. The fraction of sp³-hybridized carbons (Fsp3) is 0.133. The van der Waals surface area contributed by atoms with Crippen LogP contribution < -0.4 is 9.47 Å². The molecule has 0 aliphatic carbocycles. The Hall–Kier alpha value is -5.49. The van der Waals surface area contributed by atoms with Gasteiger partial charge in [0, 0.05) is 38.4 Å². The molecule has 0 spiro atoms. The summed E-state index contributed by atoms with van der Waals surface area (Å²) in [7, 11) is 0. The van der Waals surface area contributed by atoms with Crippen LogP contribution in [0.5, 0.6) is 17.2 Å². The van der Waals surface area contributed by atoms with Crippen LogP contribution in [0.2, 0.25) is 5.02 Å². The molecule has 0 aliphatic rings. The zero-order chi connectivity index (χ0) is 37.0. The van der Waals surface area contributed by atoms with E-state index >= 15 is 0 Å². The van der Waals surface area contributed by atoms with Crippen LogP contribution in [0.1, 0.15) is 86.6 Å². The maximum absolute atomic E-state index is 13.3. The van der Waals surface area contributed by atoms with Crippen molar-refractivity contribution in [2.24, 2.45) is 0 Å². The largest absolute Gasteiger partial charge is 0.483 e. The van der Waals surface area contributed by atoms with Crippen LogP contribution in [-0.4, -0.2) is 17.3 Å². The summed E-state index contributed by atoms with van der Waals surface area (Å²) >= 11 is 12.3. The molecule has 0 saturated heterocycles. The maximum atomic E-state index is 13.3. The van der Waals surface area contributed by atoms with E-state index in [1.165, 1.54) is 0 Å². The fourth-order valence-electron chi connectivity index (χ4n) is 5.65. The number of halogens is 2. The van der Waals surface area contributed by atoms with Gasteiger partial charge in [0.2, 0.25) is 0 Å². The van der Waals surface area contributed by atoms with E-state index < -0.39 is 10.5 Å². The monoisotopic (exact) mass is 726 g/mol. The number of benzene rings is 6. The predicted octanol–water partition coefficient (Wildman–Crippen LogP) is 11.6. The number of rotatable bonds is 12. The van der Waals surface area contributed by atoms with E-state index in [9.17, 15) is 14.4 Å². The Kier molecular flexibility index (Phi) is 10.5. The SMILES string of the molecule is CC(C)(Cl)c1ccc(C(=O)c2ccc(Oc3ccc(C(=O)c4ccc(OC(C)(C)c5ccc(C(=O)c6ccc(Cl)cc6)cc5)cc4)cc3)cc2)cc1. The summed E-state index contributed by atoms with van der Waals surface area (Å²) < 4.78 is 12.3. The number of ether oxygens (including phenoxy) is 2. The zero-order valence-corrected chi connectivity index (χ0v) is 30.7. The van der Waals surface area contributed by atoms with Crippen molar-refractivity contribution in [3.8, 4) is 17.2 Å². The van der Waals surface area contributed by atoms with Crippen LogP contribution in [0, 0.1) is 0 Å². The lowest BCUT2D eigenvalue weighted by Gasteiger charge is -2.27. The van der Waals surface area contributed by atoms with E-state index in [1.54, 1.807) is 121 Å². The number of carbonyl (C=O) groups is 3. The van der Waals surface area contributed by atoms with Gasteiger partial charge in [-0.3, -0.25) is 14.4 Å². The van der Waals surface area contributed by atoms with Crippen molar-refractivity contribution in [3.05, 3.63) is 195 Å². The van der Waals surface area contributed by atoms with E-state index in [4.69, 9.17) is 32.7 Å². The van der Waals surface area contributed by atoms with Gasteiger partial charge in [-0.25, -0.2) is 0 Å². The maximum Gasteiger partial charge on any atom is 0.193 e. The van der Waals surface area contributed by atoms with Crippen molar-refractivity contribution >= 4 is 40.6 Å². The molecule has 0 fully saturated rings. The Morgan fingerprint density at radius 2 is 0.712 bits per heavy atom. The highest BCUT2D eigenvalue weighted by molar-refractivity contribution is 6.30. The van der Waals surface area contributed by atoms with E-state index in [2.05, 4.69) is 0 Å². The highest BCUT2D eigenvalue weighted by Crippen LogP contribution is 2.31. The lowest BCUT2D eigenvalue weighted by Crippen LogP contribution is -2.25. The molecule has 0 amide bonds. The molecule has 0 aromatic heterocycles. The molecule has 0 atom stereocenters. The van der Waals surface area contributed by atoms with Crippen molar-refractivity contribution in [3.63, 3.8) is 0 Å². The van der Waals surface area contributed by atoms with Crippen molar-refractivity contribution in [1.29, 1.82) is 0 Å². The van der Waals surface area contributed by atoms with Crippen LogP contribution in [0.15, 0.2) is 146 Å². The van der Waals surface area contributed by atoms with Gasteiger partial charge in [0.25, 0.3) is 0 Å². The molecule has 0 bridgehead atoms. The summed E-state index contributed by atoms with van der Waals surface area (Å²) in [5, 5.41) is 0.578. The molecule has 260 valence electrons. The number of hydrogen-bond donors (Lipinski definition) is 0. The predicted molar refractivity (Wildman–Crippen MR) is 207 cm³/mol. The van der Waals surface area contributed by atoms with E-state index in [0.29, 0.717) is 55.7 Å². The Morgan fingerprint density at radius 3 is 1.06 bits per heavy atom. The number of alkyl halides is 1. The third-order valence-electron chi connectivity index (χ3n) is 8.74. The minimum Gasteiger partial charge on any atom is -0.483 e. The number of ketones is 3. The van der Waals surface area contributed by atoms with Gasteiger partial charge in [-0.15, -0.1) is 11.6 Å². The summed E-state index contributed by atoms with van der Waals surface area (Å²) in [5.41, 5.74) is 4.43. The molecule has 0 aliphatic heterocycles. The Morgan fingerprint density at radius 1 is 0.423 bits per heavy atom. The van der Waals surface area contributed by atoms with Gasteiger partial charge in [0.05, 0.1) is 4.87 Å². The van der Waals surface area contributed by atoms with Crippen LogP contribution >= 0.6 is 23.2 Å². The third-order valence-corrected chi connectivity index (χ3v) is 9.21. The topological polar surface area (TPSA) is 69.7 Å². The second-order valence-electron chi connectivity index (χ2n) is 13.4. The summed E-state index contributed by atoms with van der Waals surface area (Å²) in [6.45, 7) is 7.71. The minimum atomic E-state index is -0.701. The Bertz CT molecular complexity index is 2200. The highest BCUT2D eigenvalue weighted by atomic mass is 35.5. The van der Waals surface area contributed by atoms with Gasteiger partial charge >= 0.3 is 0 Å². The van der Waals surface area contributed by atoms with Crippen molar-refractivity contribution in [1.82, 2.24) is 0 Å². The molecule has 0 unspecified atom stereocenters. The van der Waals surface area contributed by atoms with Gasteiger partial charge in [0.1, 0.15) is 22.8 Å². The van der Waals surface area contributed by atoms with Gasteiger partial charge < -0.3 is 9.47 Å². The molecule has 0 heterocycles. The van der Waals surface area contributed by atoms with Gasteiger partial charge in [0.15, 0.2) is 17.3 Å². The molecule has 52 heavy (non-hydrogen) atoms. The first-order valence-electron chi connectivity index (χ1n) is 16.7. The highest BCUT2D eigenvalue weighted by Gasteiger charge is 2.24. The van der Waals surface area contributed by atoms with E-state index in [1.807, 2.05) is 52.0 Å². The quantitative estimate of drug-likeness (QED) is 0.0927. The van der Waals surface area contributed by atoms with Crippen LogP contribution in [0.4, 0.5) is 0 Å². The molecule has 6 aromatic carbocycles. The van der Waals surface area contributed by atoms with Crippen LogP contribution in [0.25, 0.3) is 0 Å².